The molecule has 0 unspecified atom stereocenters. The first-order chi connectivity index (χ1) is 10.9. The molecule has 3 rings (SSSR count). The second kappa shape index (κ2) is 6.84. The number of carbonyl (C=O) groups is 1. The van der Waals surface area contributed by atoms with E-state index in [1.807, 2.05) is 12.3 Å². The largest absolute Gasteiger partial charge is 0.387 e. The van der Waals surface area contributed by atoms with Crippen LogP contribution in [0.15, 0.2) is 5.38 Å². The zero-order valence-electron chi connectivity index (χ0n) is 14.0. The van der Waals surface area contributed by atoms with Crippen molar-refractivity contribution in [1.29, 1.82) is 0 Å². The molecule has 1 aromatic heterocycles. The summed E-state index contributed by atoms with van der Waals surface area (Å²) in [6.45, 7) is 7.77. The van der Waals surface area contributed by atoms with Crippen LogP contribution in [0.2, 0.25) is 0 Å². The third-order valence-electron chi connectivity index (χ3n) is 4.80. The molecule has 23 heavy (non-hydrogen) atoms. The molecule has 0 spiro atoms. The first-order valence-electron chi connectivity index (χ1n) is 8.26. The van der Waals surface area contributed by atoms with Crippen molar-refractivity contribution in [2.75, 3.05) is 52.9 Å². The van der Waals surface area contributed by atoms with Crippen LogP contribution < -0.4 is 0 Å². The Morgan fingerprint density at radius 1 is 1.35 bits per heavy atom. The van der Waals surface area contributed by atoms with Crippen LogP contribution in [0.25, 0.3) is 0 Å². The van der Waals surface area contributed by atoms with E-state index in [2.05, 4.69) is 21.8 Å². The molecule has 2 aliphatic heterocycles. The van der Waals surface area contributed by atoms with Crippen molar-refractivity contribution in [2.45, 2.75) is 25.4 Å². The van der Waals surface area contributed by atoms with E-state index in [1.54, 1.807) is 16.2 Å². The second-order valence-electron chi connectivity index (χ2n) is 6.90. The van der Waals surface area contributed by atoms with Crippen molar-refractivity contribution in [1.82, 2.24) is 19.7 Å². The monoisotopic (exact) mass is 338 g/mol. The highest BCUT2D eigenvalue weighted by Crippen LogP contribution is 2.24. The van der Waals surface area contributed by atoms with Crippen LogP contribution in [0, 0.1) is 6.92 Å². The van der Waals surface area contributed by atoms with Crippen LogP contribution in [0.5, 0.6) is 0 Å². The maximum Gasteiger partial charge on any atom is 0.228 e. The molecule has 0 saturated carbocycles. The van der Waals surface area contributed by atoms with E-state index >= 15 is 0 Å². The molecular formula is C16H26N4O2S. The number of likely N-dealkylation sites (tertiary alicyclic amines) is 1. The number of likely N-dealkylation sites (N-methyl/N-ethyl adjacent to an activating group) is 1. The standard InChI is InChI=1S/C16H26N4O2S/c1-13-17-14(10-23-13)9-15(21)20-4-3-16(22,12-20)11-19-7-5-18(2)6-8-19/h10,22H,3-9,11-12H2,1-2H3/t16-/m0/s1. The Morgan fingerprint density at radius 3 is 2.74 bits per heavy atom. The zero-order valence-corrected chi connectivity index (χ0v) is 14.8. The van der Waals surface area contributed by atoms with Crippen LogP contribution >= 0.6 is 11.3 Å². The minimum Gasteiger partial charge on any atom is -0.387 e. The SMILES string of the molecule is Cc1nc(CC(=O)N2CC[C@](O)(CN3CCN(C)CC3)C2)cs1. The third kappa shape index (κ3) is 4.29. The van der Waals surface area contributed by atoms with Gasteiger partial charge in [0.1, 0.15) is 0 Å². The maximum atomic E-state index is 12.4. The van der Waals surface area contributed by atoms with E-state index in [1.165, 1.54) is 0 Å². The quantitative estimate of drug-likeness (QED) is 0.850. The Balaban J connectivity index is 1.51. The number of carbonyl (C=O) groups excluding carboxylic acids is 1. The molecule has 3 heterocycles. The number of rotatable bonds is 4. The van der Waals surface area contributed by atoms with Crippen molar-refractivity contribution < 1.29 is 9.90 Å². The molecule has 1 atom stereocenters. The number of nitrogens with zero attached hydrogens (tertiary/aromatic N) is 4. The number of β-amino-alcohol motifs (C(OH)–C–C–N with tert-alkyl or cyclic N) is 1. The van der Waals surface area contributed by atoms with E-state index in [0.717, 1.165) is 36.9 Å². The number of hydrogen-bond donors (Lipinski definition) is 1. The van der Waals surface area contributed by atoms with Gasteiger partial charge in [-0.1, -0.05) is 0 Å². The normalized spacial score (nSPS) is 26.8. The predicted octanol–water partition coefficient (Wildman–Crippen LogP) is 0.205. The number of amides is 1. The Morgan fingerprint density at radius 2 is 2.09 bits per heavy atom. The lowest BCUT2D eigenvalue weighted by molar-refractivity contribution is -0.130. The van der Waals surface area contributed by atoms with Gasteiger partial charge in [0.15, 0.2) is 0 Å². The van der Waals surface area contributed by atoms with Gasteiger partial charge in [0.25, 0.3) is 0 Å². The van der Waals surface area contributed by atoms with Gasteiger partial charge in [0.2, 0.25) is 5.91 Å². The van der Waals surface area contributed by atoms with Gasteiger partial charge in [-0.15, -0.1) is 11.3 Å². The number of piperazine rings is 1. The van der Waals surface area contributed by atoms with Crippen molar-refractivity contribution in [3.05, 3.63) is 16.1 Å². The van der Waals surface area contributed by atoms with Gasteiger partial charge >= 0.3 is 0 Å². The summed E-state index contributed by atoms with van der Waals surface area (Å²) in [5.41, 5.74) is 0.0795. The summed E-state index contributed by atoms with van der Waals surface area (Å²) < 4.78 is 0. The molecule has 6 nitrogen and oxygen atoms in total. The Bertz CT molecular complexity index is 556. The van der Waals surface area contributed by atoms with Crippen LogP contribution in [0.4, 0.5) is 0 Å². The summed E-state index contributed by atoms with van der Waals surface area (Å²) >= 11 is 1.57. The fraction of sp³-hybridized carbons (Fsp3) is 0.750. The lowest BCUT2D eigenvalue weighted by atomic mass is 10.0. The highest BCUT2D eigenvalue weighted by atomic mass is 32.1. The van der Waals surface area contributed by atoms with E-state index in [0.29, 0.717) is 32.5 Å². The van der Waals surface area contributed by atoms with Gasteiger partial charge in [-0.2, -0.15) is 0 Å². The van der Waals surface area contributed by atoms with Gasteiger partial charge in [-0.05, 0) is 20.4 Å². The molecule has 0 aromatic carbocycles. The molecule has 7 heteroatoms. The average molecular weight is 338 g/mol. The summed E-state index contributed by atoms with van der Waals surface area (Å²) in [4.78, 5) is 23.2. The van der Waals surface area contributed by atoms with Gasteiger partial charge in [0.05, 0.1) is 29.3 Å². The Hall–Kier alpha value is -1.02. The first-order valence-corrected chi connectivity index (χ1v) is 9.14. The molecule has 0 bridgehead atoms. The number of aromatic nitrogens is 1. The first kappa shape index (κ1) is 16.8. The van der Waals surface area contributed by atoms with E-state index in [4.69, 9.17) is 0 Å². The molecule has 2 aliphatic rings. The van der Waals surface area contributed by atoms with Crippen molar-refractivity contribution >= 4 is 17.2 Å². The van der Waals surface area contributed by atoms with Crippen LogP contribution in [0.3, 0.4) is 0 Å². The zero-order chi connectivity index (χ0) is 16.4. The van der Waals surface area contributed by atoms with E-state index in [-0.39, 0.29) is 5.91 Å². The topological polar surface area (TPSA) is 59.9 Å². The number of aliphatic hydroxyl groups is 1. The highest BCUT2D eigenvalue weighted by Gasteiger charge is 2.39. The fourth-order valence-corrected chi connectivity index (χ4v) is 3.99. The second-order valence-corrected chi connectivity index (χ2v) is 7.97. The molecule has 0 aliphatic carbocycles. The summed E-state index contributed by atoms with van der Waals surface area (Å²) in [5, 5.41) is 13.8. The number of thiazole rings is 1. The lowest BCUT2D eigenvalue weighted by Gasteiger charge is -2.36. The molecule has 2 fully saturated rings. The van der Waals surface area contributed by atoms with Gasteiger partial charge < -0.3 is 14.9 Å². The van der Waals surface area contributed by atoms with Gasteiger partial charge in [0, 0.05) is 44.6 Å². The summed E-state index contributed by atoms with van der Waals surface area (Å²) in [7, 11) is 2.13. The molecule has 1 aromatic rings. The molecule has 1 amide bonds. The maximum absolute atomic E-state index is 12.4. The van der Waals surface area contributed by atoms with Crippen molar-refractivity contribution in [2.24, 2.45) is 0 Å². The Labute approximate surface area is 141 Å². The van der Waals surface area contributed by atoms with Crippen LogP contribution in [0.1, 0.15) is 17.1 Å². The molecule has 1 N–H and O–H groups in total. The smallest absolute Gasteiger partial charge is 0.228 e. The van der Waals surface area contributed by atoms with E-state index < -0.39 is 5.60 Å². The van der Waals surface area contributed by atoms with Crippen molar-refractivity contribution in [3.63, 3.8) is 0 Å². The summed E-state index contributed by atoms with van der Waals surface area (Å²) in [6, 6.07) is 0. The predicted molar refractivity (Wildman–Crippen MR) is 90.6 cm³/mol. The molecule has 0 radical (unpaired) electrons. The van der Waals surface area contributed by atoms with Gasteiger partial charge in [-0.25, -0.2) is 4.98 Å². The van der Waals surface area contributed by atoms with Crippen molar-refractivity contribution in [3.8, 4) is 0 Å². The summed E-state index contributed by atoms with van der Waals surface area (Å²) in [6.07, 6.45) is 1.01. The minimum absolute atomic E-state index is 0.0737. The van der Waals surface area contributed by atoms with Gasteiger partial charge in [-0.3, -0.25) is 9.69 Å². The Kier molecular flexibility index (Phi) is 5.01. The lowest BCUT2D eigenvalue weighted by Crippen LogP contribution is -2.52. The van der Waals surface area contributed by atoms with Crippen LogP contribution in [-0.4, -0.2) is 89.2 Å². The molecule has 2 saturated heterocycles. The number of aryl methyl sites for hydroxylation is 1. The number of hydrogen-bond acceptors (Lipinski definition) is 6. The fourth-order valence-electron chi connectivity index (χ4n) is 3.38. The molecular weight excluding hydrogens is 312 g/mol. The third-order valence-corrected chi connectivity index (χ3v) is 5.62. The molecule has 128 valence electrons. The van der Waals surface area contributed by atoms with E-state index in [9.17, 15) is 9.90 Å². The average Bonchev–Trinajstić information content (AvgIpc) is 3.08. The summed E-state index contributed by atoms with van der Waals surface area (Å²) in [5.74, 6) is 0.0737. The minimum atomic E-state index is -0.760. The highest BCUT2D eigenvalue weighted by molar-refractivity contribution is 7.09. The van der Waals surface area contributed by atoms with Crippen LogP contribution in [-0.2, 0) is 11.2 Å².